The van der Waals surface area contributed by atoms with Crippen LogP contribution in [0.15, 0.2) is 48.2 Å². The monoisotopic (exact) mass is 473 g/mol. The molecule has 0 amide bonds. The summed E-state index contributed by atoms with van der Waals surface area (Å²) < 4.78 is 42.9. The molecule has 5 nitrogen and oxygen atoms in total. The molecule has 3 aromatic heterocycles. The van der Waals surface area contributed by atoms with E-state index in [1.54, 1.807) is 22.9 Å². The Kier molecular flexibility index (Phi) is 7.27. The summed E-state index contributed by atoms with van der Waals surface area (Å²) in [6.45, 7) is 2.15. The number of hydrogen-bond acceptors (Lipinski definition) is 5. The zero-order valence-electron chi connectivity index (χ0n) is 18.4. The number of nitrogens with one attached hydrogen (secondary N) is 1. The van der Waals surface area contributed by atoms with E-state index in [-0.39, 0.29) is 0 Å². The van der Waals surface area contributed by atoms with Gasteiger partial charge < -0.3 is 5.32 Å². The highest BCUT2D eigenvalue weighted by molar-refractivity contribution is 7.14. The third kappa shape index (κ3) is 5.90. The van der Waals surface area contributed by atoms with Gasteiger partial charge in [0.2, 0.25) is 0 Å². The highest BCUT2D eigenvalue weighted by Gasteiger charge is 2.33. The first-order valence-electron chi connectivity index (χ1n) is 11.2. The van der Waals surface area contributed by atoms with Crippen LogP contribution in [0.4, 0.5) is 24.0 Å². The van der Waals surface area contributed by atoms with Gasteiger partial charge in [0.25, 0.3) is 0 Å². The predicted octanol–water partition coefficient (Wildman–Crippen LogP) is 7.52. The van der Waals surface area contributed by atoms with Crippen molar-refractivity contribution < 1.29 is 13.2 Å². The lowest BCUT2D eigenvalue weighted by Gasteiger charge is -2.15. The Hall–Kier alpha value is -2.94. The second kappa shape index (κ2) is 10.3. The quantitative estimate of drug-likeness (QED) is 0.242. The minimum Gasteiger partial charge on any atom is -0.332 e. The standard InChI is InChI=1S/C24H26F3N5S/c1-2-3-4-5-6-7-8-17-9-11-19(13-20(17)24(25,26)27)29-23-30-21(15-33-23)18-10-12-22-31-28-16-32(22)14-18/h9-16H,2-8H2,1H3,(H,29,30). The van der Waals surface area contributed by atoms with Crippen molar-refractivity contribution in [2.45, 2.75) is 58.0 Å². The van der Waals surface area contributed by atoms with Gasteiger partial charge in [-0.3, -0.25) is 4.40 Å². The molecular weight excluding hydrogens is 447 g/mol. The number of halogens is 3. The molecule has 3 heterocycles. The van der Waals surface area contributed by atoms with E-state index in [9.17, 15) is 13.2 Å². The van der Waals surface area contributed by atoms with Crippen molar-refractivity contribution in [3.63, 3.8) is 0 Å². The average molecular weight is 474 g/mol. The van der Waals surface area contributed by atoms with Crippen molar-refractivity contribution in [3.8, 4) is 11.3 Å². The Morgan fingerprint density at radius 2 is 1.85 bits per heavy atom. The molecule has 9 heteroatoms. The fourth-order valence-corrected chi connectivity index (χ4v) is 4.54. The largest absolute Gasteiger partial charge is 0.416 e. The Labute approximate surface area is 194 Å². The van der Waals surface area contributed by atoms with Gasteiger partial charge in [0.05, 0.1) is 11.3 Å². The average Bonchev–Trinajstić information content (AvgIpc) is 3.45. The van der Waals surface area contributed by atoms with E-state index in [1.807, 2.05) is 23.7 Å². The molecule has 0 fully saturated rings. The minimum atomic E-state index is -4.39. The molecule has 33 heavy (non-hydrogen) atoms. The van der Waals surface area contributed by atoms with Crippen LogP contribution in [0.25, 0.3) is 16.9 Å². The van der Waals surface area contributed by atoms with Crippen molar-refractivity contribution in [1.82, 2.24) is 19.6 Å². The normalized spacial score (nSPS) is 11.9. The van der Waals surface area contributed by atoms with Gasteiger partial charge in [-0.2, -0.15) is 13.2 Å². The molecule has 0 atom stereocenters. The number of rotatable bonds is 10. The maximum absolute atomic E-state index is 13.7. The molecule has 0 saturated heterocycles. The number of anilines is 2. The lowest BCUT2D eigenvalue weighted by Crippen LogP contribution is -2.10. The van der Waals surface area contributed by atoms with Crippen LogP contribution in [0, 0.1) is 0 Å². The second-order valence-electron chi connectivity index (χ2n) is 8.06. The Balaban J connectivity index is 1.45. The second-order valence-corrected chi connectivity index (χ2v) is 8.92. The van der Waals surface area contributed by atoms with E-state index in [0.717, 1.165) is 49.0 Å². The SMILES string of the molecule is CCCCCCCCc1ccc(Nc2nc(-c3ccc4nncn4c3)cs2)cc1C(F)(F)F. The molecule has 0 aliphatic rings. The first-order chi connectivity index (χ1) is 15.9. The summed E-state index contributed by atoms with van der Waals surface area (Å²) in [4.78, 5) is 4.54. The molecule has 0 bridgehead atoms. The molecule has 0 unspecified atom stereocenters. The first kappa shape index (κ1) is 23.2. The Morgan fingerprint density at radius 1 is 1.03 bits per heavy atom. The van der Waals surface area contributed by atoms with Gasteiger partial charge in [0, 0.05) is 22.8 Å². The number of benzene rings is 1. The lowest BCUT2D eigenvalue weighted by atomic mass is 9.99. The fourth-order valence-electron chi connectivity index (χ4n) is 3.80. The predicted molar refractivity (Wildman–Crippen MR) is 126 cm³/mol. The summed E-state index contributed by atoms with van der Waals surface area (Å²) >= 11 is 1.34. The van der Waals surface area contributed by atoms with E-state index in [2.05, 4.69) is 27.4 Å². The molecule has 4 aromatic rings. The highest BCUT2D eigenvalue weighted by atomic mass is 32.1. The summed E-state index contributed by atoms with van der Waals surface area (Å²) in [5, 5.41) is 13.3. The number of alkyl halides is 3. The first-order valence-corrected chi connectivity index (χ1v) is 12.0. The third-order valence-corrected chi connectivity index (χ3v) is 6.31. The molecule has 0 saturated carbocycles. The van der Waals surface area contributed by atoms with Crippen molar-refractivity contribution in [1.29, 1.82) is 0 Å². The molecule has 0 aliphatic heterocycles. The number of thiazole rings is 1. The van der Waals surface area contributed by atoms with E-state index in [1.165, 1.54) is 23.8 Å². The maximum atomic E-state index is 13.7. The van der Waals surface area contributed by atoms with Crippen LogP contribution < -0.4 is 5.32 Å². The van der Waals surface area contributed by atoms with Crippen LogP contribution in [-0.2, 0) is 12.6 Å². The summed E-state index contributed by atoms with van der Waals surface area (Å²) in [5.74, 6) is 0. The van der Waals surface area contributed by atoms with Crippen LogP contribution in [0.1, 0.15) is 56.6 Å². The topological polar surface area (TPSA) is 55.1 Å². The number of hydrogen-bond donors (Lipinski definition) is 1. The van der Waals surface area contributed by atoms with Crippen molar-refractivity contribution in [3.05, 3.63) is 59.4 Å². The molecule has 4 rings (SSSR count). The number of aromatic nitrogens is 4. The summed E-state index contributed by atoms with van der Waals surface area (Å²) in [5.41, 5.74) is 2.49. The zero-order valence-corrected chi connectivity index (χ0v) is 19.2. The maximum Gasteiger partial charge on any atom is 0.416 e. The number of nitrogens with zero attached hydrogens (tertiary/aromatic N) is 4. The number of aryl methyl sites for hydroxylation is 1. The summed E-state index contributed by atoms with van der Waals surface area (Å²) in [6, 6.07) is 8.21. The van der Waals surface area contributed by atoms with Crippen molar-refractivity contribution in [2.75, 3.05) is 5.32 Å². The van der Waals surface area contributed by atoms with Gasteiger partial charge in [0.15, 0.2) is 10.8 Å². The van der Waals surface area contributed by atoms with Gasteiger partial charge in [-0.15, -0.1) is 21.5 Å². The molecule has 0 aliphatic carbocycles. The zero-order chi connectivity index (χ0) is 23.3. The minimum absolute atomic E-state index is 0.352. The summed E-state index contributed by atoms with van der Waals surface area (Å²) in [7, 11) is 0. The molecule has 1 N–H and O–H groups in total. The van der Waals surface area contributed by atoms with Gasteiger partial charge in [-0.1, -0.05) is 45.1 Å². The fraction of sp³-hybridized carbons (Fsp3) is 0.375. The molecule has 1 aromatic carbocycles. The highest BCUT2D eigenvalue weighted by Crippen LogP contribution is 2.36. The molecule has 0 spiro atoms. The summed E-state index contributed by atoms with van der Waals surface area (Å²) in [6.07, 6.45) is 5.81. The van der Waals surface area contributed by atoms with Gasteiger partial charge >= 0.3 is 6.18 Å². The number of fused-ring (bicyclic) bond motifs is 1. The molecular formula is C24H26F3N5S. The van der Waals surface area contributed by atoms with E-state index in [0.29, 0.717) is 22.8 Å². The number of pyridine rings is 1. The van der Waals surface area contributed by atoms with E-state index >= 15 is 0 Å². The van der Waals surface area contributed by atoms with Gasteiger partial charge in [0.1, 0.15) is 6.33 Å². The molecule has 0 radical (unpaired) electrons. The lowest BCUT2D eigenvalue weighted by molar-refractivity contribution is -0.138. The van der Waals surface area contributed by atoms with Crippen LogP contribution in [0.3, 0.4) is 0 Å². The van der Waals surface area contributed by atoms with Crippen molar-refractivity contribution >= 4 is 27.8 Å². The Morgan fingerprint density at radius 3 is 2.67 bits per heavy atom. The molecule has 174 valence electrons. The van der Waals surface area contributed by atoms with Crippen molar-refractivity contribution in [2.24, 2.45) is 0 Å². The third-order valence-electron chi connectivity index (χ3n) is 5.56. The van der Waals surface area contributed by atoms with Crippen LogP contribution in [0.5, 0.6) is 0 Å². The van der Waals surface area contributed by atoms with Crippen LogP contribution in [-0.4, -0.2) is 19.6 Å². The van der Waals surface area contributed by atoms with Gasteiger partial charge in [-0.25, -0.2) is 4.98 Å². The van der Waals surface area contributed by atoms with Crippen LogP contribution >= 0.6 is 11.3 Å². The number of unbranched alkanes of at least 4 members (excludes halogenated alkanes) is 5. The van der Waals surface area contributed by atoms with Gasteiger partial charge in [-0.05, 0) is 42.7 Å². The van der Waals surface area contributed by atoms with E-state index < -0.39 is 11.7 Å². The van der Waals surface area contributed by atoms with Crippen LogP contribution in [0.2, 0.25) is 0 Å². The Bertz CT molecular complexity index is 1200. The smallest absolute Gasteiger partial charge is 0.332 e. The van der Waals surface area contributed by atoms with E-state index in [4.69, 9.17) is 0 Å².